The molecule has 1 aliphatic heterocycles. The molecule has 0 saturated heterocycles. The highest BCUT2D eigenvalue weighted by Crippen LogP contribution is 2.31. The first-order valence-corrected chi connectivity index (χ1v) is 10.6. The fourth-order valence-electron chi connectivity index (χ4n) is 3.72. The summed E-state index contributed by atoms with van der Waals surface area (Å²) in [5, 5.41) is 0. The number of carbonyl (C=O) groups is 1. The molecular weight excluding hydrogens is 412 g/mol. The number of nitrogens with zero attached hydrogens (tertiary/aromatic N) is 2. The number of Topliss-reactive ketones (excluding diaryl/α,β-unsaturated/α-hetero) is 1. The zero-order valence-corrected chi connectivity index (χ0v) is 18.5. The van der Waals surface area contributed by atoms with Crippen molar-refractivity contribution in [1.82, 2.24) is 4.57 Å². The Kier molecular flexibility index (Phi) is 5.61. The Morgan fingerprint density at radius 1 is 1.03 bits per heavy atom. The lowest BCUT2D eigenvalue weighted by Gasteiger charge is -2.24. The molecule has 2 heterocycles. The minimum Gasteiger partial charge on any atom is -0.497 e. The van der Waals surface area contributed by atoms with E-state index in [4.69, 9.17) is 9.47 Å². The SMILES string of the molecule is COc1ccc(/C=c2/sc3n(c2=O)[C@@H](c2ccc(OC)cc2)C(C(C)=O)=C(C)N=3)cc1. The molecule has 1 aliphatic rings. The summed E-state index contributed by atoms with van der Waals surface area (Å²) in [5.74, 6) is 1.35. The first-order valence-electron chi connectivity index (χ1n) is 9.74. The maximum atomic E-state index is 13.4. The lowest BCUT2D eigenvalue weighted by atomic mass is 9.93. The van der Waals surface area contributed by atoms with E-state index < -0.39 is 6.04 Å². The highest BCUT2D eigenvalue weighted by molar-refractivity contribution is 7.07. The van der Waals surface area contributed by atoms with Crippen molar-refractivity contribution in [2.45, 2.75) is 19.9 Å². The van der Waals surface area contributed by atoms with Gasteiger partial charge in [0.25, 0.3) is 5.56 Å². The largest absolute Gasteiger partial charge is 0.497 e. The fraction of sp³-hybridized carbons (Fsp3) is 0.208. The van der Waals surface area contributed by atoms with E-state index in [0.717, 1.165) is 16.9 Å². The second kappa shape index (κ2) is 8.35. The lowest BCUT2D eigenvalue weighted by Crippen LogP contribution is -2.39. The van der Waals surface area contributed by atoms with Crippen LogP contribution in [-0.4, -0.2) is 24.6 Å². The number of hydrogen-bond acceptors (Lipinski definition) is 6. The summed E-state index contributed by atoms with van der Waals surface area (Å²) in [6.45, 7) is 3.32. The van der Waals surface area contributed by atoms with Gasteiger partial charge >= 0.3 is 0 Å². The summed E-state index contributed by atoms with van der Waals surface area (Å²) in [7, 11) is 3.21. The Bertz CT molecular complexity index is 1350. The molecule has 0 spiro atoms. The number of methoxy groups -OCH3 is 2. The van der Waals surface area contributed by atoms with Gasteiger partial charge < -0.3 is 9.47 Å². The van der Waals surface area contributed by atoms with Crippen LogP contribution in [0.25, 0.3) is 6.08 Å². The summed E-state index contributed by atoms with van der Waals surface area (Å²) in [5.41, 5.74) is 2.69. The molecule has 3 aromatic rings. The quantitative estimate of drug-likeness (QED) is 0.619. The van der Waals surface area contributed by atoms with Gasteiger partial charge in [0.05, 0.1) is 24.8 Å². The van der Waals surface area contributed by atoms with E-state index in [1.165, 1.54) is 18.3 Å². The number of ether oxygens (including phenoxy) is 2. The highest BCUT2D eigenvalue weighted by Gasteiger charge is 2.30. The third-order valence-corrected chi connectivity index (χ3v) is 6.23. The smallest absolute Gasteiger partial charge is 0.271 e. The van der Waals surface area contributed by atoms with Crippen molar-refractivity contribution in [3.63, 3.8) is 0 Å². The van der Waals surface area contributed by atoms with Crippen molar-refractivity contribution in [1.29, 1.82) is 0 Å². The van der Waals surface area contributed by atoms with Gasteiger partial charge in [-0.1, -0.05) is 35.6 Å². The molecule has 31 heavy (non-hydrogen) atoms. The van der Waals surface area contributed by atoms with Crippen LogP contribution < -0.4 is 24.4 Å². The number of thiazole rings is 1. The van der Waals surface area contributed by atoms with Gasteiger partial charge in [0, 0.05) is 11.3 Å². The van der Waals surface area contributed by atoms with Crippen LogP contribution in [0.4, 0.5) is 0 Å². The molecule has 0 unspecified atom stereocenters. The Balaban J connectivity index is 1.91. The molecule has 4 rings (SSSR count). The zero-order valence-electron chi connectivity index (χ0n) is 17.7. The third kappa shape index (κ3) is 3.84. The summed E-state index contributed by atoms with van der Waals surface area (Å²) in [4.78, 5) is 31.1. The Labute approximate surface area is 183 Å². The second-order valence-electron chi connectivity index (χ2n) is 7.18. The zero-order chi connectivity index (χ0) is 22.1. The first-order chi connectivity index (χ1) is 14.9. The van der Waals surface area contributed by atoms with Crippen molar-refractivity contribution < 1.29 is 14.3 Å². The lowest BCUT2D eigenvalue weighted by molar-refractivity contribution is -0.114. The molecule has 6 nitrogen and oxygen atoms in total. The van der Waals surface area contributed by atoms with Gasteiger partial charge in [-0.25, -0.2) is 4.99 Å². The summed E-state index contributed by atoms with van der Waals surface area (Å²) in [6, 6.07) is 14.4. The van der Waals surface area contributed by atoms with E-state index in [1.54, 1.807) is 18.8 Å². The van der Waals surface area contributed by atoms with Crippen molar-refractivity contribution >= 4 is 23.2 Å². The molecule has 0 bridgehead atoms. The molecule has 0 radical (unpaired) electrons. The van der Waals surface area contributed by atoms with E-state index in [9.17, 15) is 9.59 Å². The fourth-order valence-corrected chi connectivity index (χ4v) is 4.77. The van der Waals surface area contributed by atoms with Crippen LogP contribution in [0.1, 0.15) is 31.0 Å². The maximum Gasteiger partial charge on any atom is 0.271 e. The molecule has 0 saturated carbocycles. The molecular formula is C24H22N2O4S. The van der Waals surface area contributed by atoms with E-state index in [1.807, 2.05) is 61.5 Å². The van der Waals surface area contributed by atoms with Crippen molar-refractivity contribution in [2.75, 3.05) is 14.2 Å². The van der Waals surface area contributed by atoms with Gasteiger partial charge in [-0.2, -0.15) is 0 Å². The number of aromatic nitrogens is 1. The van der Waals surface area contributed by atoms with E-state index in [0.29, 0.717) is 26.4 Å². The number of rotatable bonds is 5. The molecule has 1 aromatic heterocycles. The Hall–Kier alpha value is -3.45. The molecule has 1 atom stereocenters. The standard InChI is InChI=1S/C24H22N2O4S/c1-14-21(15(2)27)22(17-7-11-19(30-4)12-8-17)26-23(28)20(31-24(26)25-14)13-16-5-9-18(29-3)10-6-16/h5-13,22H,1-4H3/b20-13+/t22-/m0/s1. The number of hydrogen-bond donors (Lipinski definition) is 0. The Morgan fingerprint density at radius 2 is 1.61 bits per heavy atom. The van der Waals surface area contributed by atoms with E-state index in [-0.39, 0.29) is 11.3 Å². The average Bonchev–Trinajstić information content (AvgIpc) is 3.07. The molecule has 7 heteroatoms. The average molecular weight is 435 g/mol. The number of benzene rings is 2. The third-order valence-electron chi connectivity index (χ3n) is 5.25. The van der Waals surface area contributed by atoms with Crippen LogP contribution >= 0.6 is 11.3 Å². The van der Waals surface area contributed by atoms with Gasteiger partial charge in [-0.15, -0.1) is 0 Å². The van der Waals surface area contributed by atoms with Crippen LogP contribution in [-0.2, 0) is 4.79 Å². The molecule has 158 valence electrons. The monoisotopic (exact) mass is 434 g/mol. The molecule has 2 aromatic carbocycles. The van der Waals surface area contributed by atoms with Crippen LogP contribution in [0.2, 0.25) is 0 Å². The second-order valence-corrected chi connectivity index (χ2v) is 8.19. The highest BCUT2D eigenvalue weighted by atomic mass is 32.1. The van der Waals surface area contributed by atoms with Crippen LogP contribution in [0.5, 0.6) is 11.5 Å². The van der Waals surface area contributed by atoms with Crippen molar-refractivity contribution in [3.8, 4) is 11.5 Å². The summed E-state index contributed by atoms with van der Waals surface area (Å²) >= 11 is 1.32. The molecule has 0 N–H and O–H groups in total. The van der Waals surface area contributed by atoms with Crippen LogP contribution in [0.3, 0.4) is 0 Å². The van der Waals surface area contributed by atoms with Gasteiger partial charge in [-0.3, -0.25) is 14.2 Å². The summed E-state index contributed by atoms with van der Waals surface area (Å²) < 4.78 is 12.6. The maximum absolute atomic E-state index is 13.4. The van der Waals surface area contributed by atoms with Gasteiger partial charge in [0.2, 0.25) is 0 Å². The number of fused-ring (bicyclic) bond motifs is 1. The van der Waals surface area contributed by atoms with E-state index >= 15 is 0 Å². The number of allylic oxidation sites excluding steroid dienone is 2. The van der Waals surface area contributed by atoms with Crippen LogP contribution in [0, 0.1) is 0 Å². The van der Waals surface area contributed by atoms with Crippen molar-refractivity contribution in [2.24, 2.45) is 4.99 Å². The number of carbonyl (C=O) groups excluding carboxylic acids is 1. The topological polar surface area (TPSA) is 69.9 Å². The van der Waals surface area contributed by atoms with Crippen LogP contribution in [0.15, 0.2) is 69.6 Å². The van der Waals surface area contributed by atoms with Gasteiger partial charge in [0.1, 0.15) is 11.5 Å². The van der Waals surface area contributed by atoms with E-state index in [2.05, 4.69) is 4.99 Å². The van der Waals surface area contributed by atoms with Crippen molar-refractivity contribution in [3.05, 3.63) is 90.6 Å². The molecule has 0 fully saturated rings. The first kappa shape index (κ1) is 20.8. The minimum absolute atomic E-state index is 0.105. The molecule has 0 amide bonds. The Morgan fingerprint density at radius 3 is 2.16 bits per heavy atom. The number of ketones is 1. The van der Waals surface area contributed by atoms with Gasteiger partial charge in [0.15, 0.2) is 10.6 Å². The normalized spacial score (nSPS) is 16.0. The predicted molar refractivity (Wildman–Crippen MR) is 120 cm³/mol. The molecule has 0 aliphatic carbocycles. The predicted octanol–water partition coefficient (Wildman–Crippen LogP) is 2.84. The minimum atomic E-state index is -0.530. The summed E-state index contributed by atoms with van der Waals surface area (Å²) in [6.07, 6.45) is 1.83. The van der Waals surface area contributed by atoms with Gasteiger partial charge in [-0.05, 0) is 55.3 Å².